The summed E-state index contributed by atoms with van der Waals surface area (Å²) in [6.45, 7) is 2.20. The van der Waals surface area contributed by atoms with Crippen LogP contribution in [0.25, 0.3) is 11.0 Å². The summed E-state index contributed by atoms with van der Waals surface area (Å²) >= 11 is 5.56. The Hall–Kier alpha value is -1.30. The van der Waals surface area contributed by atoms with Gasteiger partial charge in [0.05, 0.1) is 17.1 Å². The number of pyridine rings is 1. The molecule has 2 aromatic heterocycles. The first-order chi connectivity index (χ1) is 7.43. The summed E-state index contributed by atoms with van der Waals surface area (Å²) in [6, 6.07) is 0.811. The number of hydrogen-bond acceptors (Lipinski definition) is 2. The Morgan fingerprint density at radius 3 is 2.69 bits per heavy atom. The van der Waals surface area contributed by atoms with Crippen LogP contribution >= 0.6 is 11.6 Å². The second-order valence-electron chi connectivity index (χ2n) is 3.19. The molecule has 86 valence electrons. The molecule has 0 saturated heterocycles. The van der Waals surface area contributed by atoms with E-state index in [1.807, 2.05) is 0 Å². The first-order valence-electron chi connectivity index (χ1n) is 4.52. The van der Waals surface area contributed by atoms with Crippen LogP contribution in [0.1, 0.15) is 12.5 Å². The van der Waals surface area contributed by atoms with E-state index in [4.69, 9.17) is 11.6 Å². The third-order valence-electron chi connectivity index (χ3n) is 2.18. The van der Waals surface area contributed by atoms with Crippen LogP contribution in [0.2, 0.25) is 5.15 Å². The molecular formula is C9H7ClF3N3. The largest absolute Gasteiger partial charge is 0.417 e. The fourth-order valence-electron chi connectivity index (χ4n) is 1.48. The molecule has 0 fully saturated rings. The third-order valence-corrected chi connectivity index (χ3v) is 2.38. The molecular weight excluding hydrogens is 243 g/mol. The van der Waals surface area contributed by atoms with Crippen molar-refractivity contribution in [2.24, 2.45) is 0 Å². The molecule has 0 unspecified atom stereocenters. The average molecular weight is 250 g/mol. The Bertz CT molecular complexity index is 533. The minimum atomic E-state index is -4.45. The molecule has 2 aromatic rings. The number of halogens is 4. The van der Waals surface area contributed by atoms with Gasteiger partial charge in [-0.15, -0.1) is 0 Å². The van der Waals surface area contributed by atoms with Gasteiger partial charge >= 0.3 is 6.18 Å². The number of rotatable bonds is 1. The lowest BCUT2D eigenvalue weighted by molar-refractivity contribution is -0.136. The molecule has 2 rings (SSSR count). The van der Waals surface area contributed by atoms with Gasteiger partial charge in [0.25, 0.3) is 0 Å². The first kappa shape index (κ1) is 11.2. The predicted octanol–water partition coefficient (Wildman–Crippen LogP) is 3.12. The van der Waals surface area contributed by atoms with Gasteiger partial charge in [-0.1, -0.05) is 11.6 Å². The van der Waals surface area contributed by atoms with Gasteiger partial charge in [-0.05, 0) is 13.0 Å². The number of aromatic nitrogens is 3. The summed E-state index contributed by atoms with van der Waals surface area (Å²) < 4.78 is 39.4. The maximum atomic E-state index is 12.7. The second-order valence-corrected chi connectivity index (χ2v) is 3.58. The quantitative estimate of drug-likeness (QED) is 0.727. The van der Waals surface area contributed by atoms with Crippen LogP contribution in [0.15, 0.2) is 12.3 Å². The molecule has 0 N–H and O–H groups in total. The van der Waals surface area contributed by atoms with Gasteiger partial charge in [0.1, 0.15) is 5.15 Å². The van der Waals surface area contributed by atoms with E-state index in [9.17, 15) is 13.2 Å². The summed E-state index contributed by atoms with van der Waals surface area (Å²) in [7, 11) is 0. The van der Waals surface area contributed by atoms with Crippen molar-refractivity contribution in [3.05, 3.63) is 23.0 Å². The van der Waals surface area contributed by atoms with Crippen molar-refractivity contribution in [3.8, 4) is 0 Å². The Morgan fingerprint density at radius 1 is 1.44 bits per heavy atom. The summed E-state index contributed by atoms with van der Waals surface area (Å²) in [5, 5.41) is 3.61. The van der Waals surface area contributed by atoms with E-state index in [0.717, 1.165) is 12.3 Å². The molecule has 0 aliphatic rings. The van der Waals surface area contributed by atoms with Crippen LogP contribution in [0.3, 0.4) is 0 Å². The number of hydrogen-bond donors (Lipinski definition) is 0. The van der Waals surface area contributed by atoms with Crippen molar-refractivity contribution in [2.75, 3.05) is 0 Å². The zero-order valence-corrected chi connectivity index (χ0v) is 8.97. The van der Waals surface area contributed by atoms with E-state index in [1.165, 1.54) is 4.68 Å². The van der Waals surface area contributed by atoms with Crippen LogP contribution in [-0.4, -0.2) is 14.8 Å². The number of alkyl halides is 3. The Balaban J connectivity index is 2.80. The van der Waals surface area contributed by atoms with E-state index >= 15 is 0 Å². The van der Waals surface area contributed by atoms with Crippen molar-refractivity contribution in [1.82, 2.24) is 14.8 Å². The molecule has 2 heterocycles. The van der Waals surface area contributed by atoms with Crippen molar-refractivity contribution < 1.29 is 13.2 Å². The van der Waals surface area contributed by atoms with Gasteiger partial charge in [0, 0.05) is 6.54 Å². The normalized spacial score (nSPS) is 12.3. The third kappa shape index (κ3) is 1.73. The molecule has 0 atom stereocenters. The summed E-state index contributed by atoms with van der Waals surface area (Å²) in [4.78, 5) is 3.85. The molecule has 0 saturated carbocycles. The molecule has 0 spiro atoms. The van der Waals surface area contributed by atoms with Gasteiger partial charge in [-0.3, -0.25) is 0 Å². The highest BCUT2D eigenvalue weighted by atomic mass is 35.5. The molecule has 0 radical (unpaired) electrons. The summed E-state index contributed by atoms with van der Waals surface area (Å²) in [5.41, 5.74) is -0.649. The Kier molecular flexibility index (Phi) is 2.53. The molecule has 0 aliphatic heterocycles. The summed E-state index contributed by atoms with van der Waals surface area (Å²) in [6.07, 6.45) is -3.29. The van der Waals surface area contributed by atoms with Crippen LogP contribution in [0.4, 0.5) is 13.2 Å². The second kappa shape index (κ2) is 3.62. The van der Waals surface area contributed by atoms with E-state index in [2.05, 4.69) is 10.1 Å². The lowest BCUT2D eigenvalue weighted by atomic mass is 10.2. The first-order valence-corrected chi connectivity index (χ1v) is 4.90. The minimum absolute atomic E-state index is 0.0289. The highest BCUT2D eigenvalue weighted by molar-refractivity contribution is 6.29. The van der Waals surface area contributed by atoms with E-state index in [-0.39, 0.29) is 16.2 Å². The van der Waals surface area contributed by atoms with Gasteiger partial charge in [-0.2, -0.15) is 18.3 Å². The smallest absolute Gasteiger partial charge is 0.248 e. The standard InChI is InChI=1S/C9H7ClF3N3/c1-2-16-8-5(4-14-16)6(9(11,12)13)3-7(10)15-8/h3-4H,2H2,1H3. The van der Waals surface area contributed by atoms with Crippen LogP contribution in [0.5, 0.6) is 0 Å². The maximum absolute atomic E-state index is 12.7. The van der Waals surface area contributed by atoms with Crippen molar-refractivity contribution in [1.29, 1.82) is 0 Å². The van der Waals surface area contributed by atoms with E-state index in [0.29, 0.717) is 6.54 Å². The topological polar surface area (TPSA) is 30.7 Å². The van der Waals surface area contributed by atoms with Crippen LogP contribution < -0.4 is 0 Å². The van der Waals surface area contributed by atoms with E-state index < -0.39 is 11.7 Å². The average Bonchev–Trinajstić information content (AvgIpc) is 2.57. The fourth-order valence-corrected chi connectivity index (χ4v) is 1.67. The molecule has 0 aromatic carbocycles. The van der Waals surface area contributed by atoms with Gasteiger partial charge < -0.3 is 0 Å². The molecule has 16 heavy (non-hydrogen) atoms. The van der Waals surface area contributed by atoms with Crippen LogP contribution in [-0.2, 0) is 12.7 Å². The zero-order chi connectivity index (χ0) is 11.9. The molecule has 3 nitrogen and oxygen atoms in total. The van der Waals surface area contributed by atoms with E-state index in [1.54, 1.807) is 6.92 Å². The Labute approximate surface area is 93.8 Å². The van der Waals surface area contributed by atoms with Crippen molar-refractivity contribution in [3.63, 3.8) is 0 Å². The number of fused-ring (bicyclic) bond motifs is 1. The predicted molar refractivity (Wildman–Crippen MR) is 53.2 cm³/mol. The van der Waals surface area contributed by atoms with Crippen LogP contribution in [0, 0.1) is 0 Å². The highest BCUT2D eigenvalue weighted by Gasteiger charge is 2.34. The maximum Gasteiger partial charge on any atom is 0.417 e. The monoisotopic (exact) mass is 249 g/mol. The van der Waals surface area contributed by atoms with Gasteiger partial charge in [0.2, 0.25) is 0 Å². The SMILES string of the molecule is CCn1ncc2c(C(F)(F)F)cc(Cl)nc21. The number of nitrogens with zero attached hydrogens (tertiary/aromatic N) is 3. The van der Waals surface area contributed by atoms with Gasteiger partial charge in [-0.25, -0.2) is 9.67 Å². The molecule has 0 amide bonds. The highest BCUT2D eigenvalue weighted by Crippen LogP contribution is 2.35. The van der Waals surface area contributed by atoms with Crippen molar-refractivity contribution >= 4 is 22.6 Å². The molecule has 7 heteroatoms. The van der Waals surface area contributed by atoms with Crippen molar-refractivity contribution in [2.45, 2.75) is 19.6 Å². The number of aryl methyl sites for hydroxylation is 1. The molecule has 0 aliphatic carbocycles. The lowest BCUT2D eigenvalue weighted by Gasteiger charge is -2.08. The zero-order valence-electron chi connectivity index (χ0n) is 8.22. The summed E-state index contributed by atoms with van der Waals surface area (Å²) in [5.74, 6) is 0. The Morgan fingerprint density at radius 2 is 2.12 bits per heavy atom. The minimum Gasteiger partial charge on any atom is -0.248 e. The fraction of sp³-hybridized carbons (Fsp3) is 0.333. The lowest BCUT2D eigenvalue weighted by Crippen LogP contribution is -2.07. The van der Waals surface area contributed by atoms with Gasteiger partial charge in [0.15, 0.2) is 5.65 Å². The molecule has 0 bridgehead atoms.